The Morgan fingerprint density at radius 2 is 1.92 bits per heavy atom. The maximum absolute atomic E-state index is 11.3. The highest BCUT2D eigenvalue weighted by atomic mass is 16.1. The van der Waals surface area contributed by atoms with Crippen molar-refractivity contribution in [1.82, 2.24) is 4.90 Å². The summed E-state index contributed by atoms with van der Waals surface area (Å²) in [6.45, 7) is 10.1. The van der Waals surface area contributed by atoms with Crippen LogP contribution in [-0.2, 0) is 4.79 Å². The number of ketones is 1. The van der Waals surface area contributed by atoms with Gasteiger partial charge in [0.2, 0.25) is 0 Å². The Labute approximate surface area is 82.3 Å². The molecule has 0 aliphatic carbocycles. The van der Waals surface area contributed by atoms with Gasteiger partial charge in [0.15, 0.2) is 0 Å². The van der Waals surface area contributed by atoms with Gasteiger partial charge < -0.3 is 0 Å². The molecule has 0 saturated carbocycles. The third-order valence-corrected chi connectivity index (χ3v) is 2.50. The van der Waals surface area contributed by atoms with Gasteiger partial charge in [-0.1, -0.05) is 20.8 Å². The molecule has 0 N–H and O–H groups in total. The highest BCUT2D eigenvalue weighted by molar-refractivity contribution is 5.80. The van der Waals surface area contributed by atoms with Crippen molar-refractivity contribution in [2.24, 2.45) is 0 Å². The molecule has 0 amide bonds. The predicted octanol–water partition coefficient (Wildman–Crippen LogP) is 2.48. The number of carbonyl (C=O) groups is 1. The van der Waals surface area contributed by atoms with E-state index < -0.39 is 0 Å². The molecule has 0 aromatic rings. The van der Waals surface area contributed by atoms with Gasteiger partial charge in [-0.25, -0.2) is 0 Å². The fourth-order valence-electron chi connectivity index (χ4n) is 1.34. The first kappa shape index (κ1) is 12.6. The van der Waals surface area contributed by atoms with Crippen LogP contribution in [0, 0.1) is 0 Å². The van der Waals surface area contributed by atoms with Crippen molar-refractivity contribution in [2.45, 2.75) is 53.0 Å². The summed E-state index contributed by atoms with van der Waals surface area (Å²) >= 11 is 0. The molecule has 0 radical (unpaired) electrons. The molecule has 13 heavy (non-hydrogen) atoms. The summed E-state index contributed by atoms with van der Waals surface area (Å²) in [7, 11) is 0. The molecule has 0 saturated heterocycles. The van der Waals surface area contributed by atoms with E-state index in [1.54, 1.807) is 0 Å². The molecule has 0 heterocycles. The molecule has 2 nitrogen and oxygen atoms in total. The van der Waals surface area contributed by atoms with Crippen LogP contribution in [-0.4, -0.2) is 29.8 Å². The Hall–Kier alpha value is -0.370. The van der Waals surface area contributed by atoms with E-state index in [-0.39, 0.29) is 0 Å². The van der Waals surface area contributed by atoms with Crippen LogP contribution in [0.25, 0.3) is 0 Å². The molecule has 1 atom stereocenters. The van der Waals surface area contributed by atoms with Crippen LogP contribution in [0.15, 0.2) is 0 Å². The molecule has 0 aromatic heterocycles. The minimum atomic E-state index is 0.355. The van der Waals surface area contributed by atoms with E-state index in [4.69, 9.17) is 0 Å². The number of carbonyl (C=O) groups excluding carboxylic acids is 1. The Bertz CT molecular complexity index is 145. The molecule has 0 rings (SSSR count). The summed E-state index contributed by atoms with van der Waals surface area (Å²) in [6, 6.07) is 0.537. The lowest BCUT2D eigenvalue weighted by Crippen LogP contribution is -2.37. The third-order valence-electron chi connectivity index (χ3n) is 2.50. The van der Waals surface area contributed by atoms with Gasteiger partial charge in [-0.2, -0.15) is 0 Å². The van der Waals surface area contributed by atoms with Crippen molar-refractivity contribution in [1.29, 1.82) is 0 Å². The van der Waals surface area contributed by atoms with Crippen molar-refractivity contribution >= 4 is 5.78 Å². The zero-order valence-corrected chi connectivity index (χ0v) is 9.47. The minimum absolute atomic E-state index is 0.355. The summed E-state index contributed by atoms with van der Waals surface area (Å²) in [6.07, 6.45) is 2.91. The number of Topliss-reactive ketones (excluding diaryl/α,β-unsaturated/α-hetero) is 1. The number of rotatable bonds is 7. The molecule has 1 unspecified atom stereocenters. The van der Waals surface area contributed by atoms with E-state index >= 15 is 0 Å². The fourth-order valence-corrected chi connectivity index (χ4v) is 1.34. The normalized spacial score (nSPS) is 13.3. The van der Waals surface area contributed by atoms with Gasteiger partial charge in [-0.05, 0) is 26.3 Å². The smallest absolute Gasteiger partial charge is 0.146 e. The van der Waals surface area contributed by atoms with Crippen molar-refractivity contribution in [3.8, 4) is 0 Å². The molecular weight excluding hydrogens is 162 g/mol. The SMILES string of the molecule is CCCN(CC(=O)CC)C(C)CC. The van der Waals surface area contributed by atoms with Crippen molar-refractivity contribution in [3.63, 3.8) is 0 Å². The van der Waals surface area contributed by atoms with Crippen LogP contribution in [0.1, 0.15) is 47.0 Å². The van der Waals surface area contributed by atoms with E-state index in [9.17, 15) is 4.79 Å². The lowest BCUT2D eigenvalue weighted by atomic mass is 10.2. The standard InChI is InChI=1S/C11H23NO/c1-5-8-12(10(4)6-2)9-11(13)7-3/h10H,5-9H2,1-4H3. The largest absolute Gasteiger partial charge is 0.298 e. The van der Waals surface area contributed by atoms with Gasteiger partial charge in [0, 0.05) is 12.5 Å². The fraction of sp³-hybridized carbons (Fsp3) is 0.909. The molecule has 78 valence electrons. The van der Waals surface area contributed by atoms with Crippen molar-refractivity contribution < 1.29 is 4.79 Å². The quantitative estimate of drug-likeness (QED) is 0.607. The summed E-state index contributed by atoms with van der Waals surface area (Å²) in [5.41, 5.74) is 0. The average molecular weight is 185 g/mol. The Kier molecular flexibility index (Phi) is 6.87. The van der Waals surface area contributed by atoms with Crippen LogP contribution in [0.3, 0.4) is 0 Å². The topological polar surface area (TPSA) is 20.3 Å². The summed E-state index contributed by atoms with van der Waals surface area (Å²) < 4.78 is 0. The van der Waals surface area contributed by atoms with Crippen molar-refractivity contribution in [3.05, 3.63) is 0 Å². The predicted molar refractivity (Wildman–Crippen MR) is 56.9 cm³/mol. The molecule has 0 aromatic carbocycles. The highest BCUT2D eigenvalue weighted by Gasteiger charge is 2.13. The highest BCUT2D eigenvalue weighted by Crippen LogP contribution is 2.04. The van der Waals surface area contributed by atoms with Crippen LogP contribution in [0.2, 0.25) is 0 Å². The third kappa shape index (κ3) is 5.04. The molecule has 0 fully saturated rings. The number of nitrogens with zero attached hydrogens (tertiary/aromatic N) is 1. The molecule has 0 aliphatic rings. The Morgan fingerprint density at radius 3 is 2.31 bits per heavy atom. The van der Waals surface area contributed by atoms with Gasteiger partial charge in [0.25, 0.3) is 0 Å². The molecule has 0 spiro atoms. The maximum atomic E-state index is 11.3. The summed E-state index contributed by atoms with van der Waals surface area (Å²) in [5, 5.41) is 0. The molecule has 0 bridgehead atoms. The lowest BCUT2D eigenvalue weighted by Gasteiger charge is -2.26. The first-order chi connectivity index (χ1) is 6.15. The second-order valence-corrected chi connectivity index (χ2v) is 3.62. The monoisotopic (exact) mass is 185 g/mol. The number of hydrogen-bond donors (Lipinski definition) is 0. The van der Waals surface area contributed by atoms with E-state index in [1.807, 2.05) is 6.92 Å². The van der Waals surface area contributed by atoms with Crippen LogP contribution in [0.4, 0.5) is 0 Å². The summed E-state index contributed by atoms with van der Waals surface area (Å²) in [5.74, 6) is 0.355. The molecule has 0 aliphatic heterocycles. The maximum Gasteiger partial charge on any atom is 0.146 e. The van der Waals surface area contributed by atoms with E-state index in [0.29, 0.717) is 24.8 Å². The van der Waals surface area contributed by atoms with E-state index in [2.05, 4.69) is 25.7 Å². The average Bonchev–Trinajstić information content (AvgIpc) is 2.15. The second kappa shape index (κ2) is 7.07. The van der Waals surface area contributed by atoms with Crippen molar-refractivity contribution in [2.75, 3.05) is 13.1 Å². The molecule has 2 heteroatoms. The van der Waals surface area contributed by atoms with Gasteiger partial charge in [0.1, 0.15) is 5.78 Å². The Morgan fingerprint density at radius 1 is 1.31 bits per heavy atom. The van der Waals surface area contributed by atoms with Crippen LogP contribution in [0.5, 0.6) is 0 Å². The zero-order chi connectivity index (χ0) is 10.3. The first-order valence-corrected chi connectivity index (χ1v) is 5.41. The lowest BCUT2D eigenvalue weighted by molar-refractivity contribution is -0.120. The van der Waals surface area contributed by atoms with Crippen LogP contribution < -0.4 is 0 Å². The van der Waals surface area contributed by atoms with Gasteiger partial charge in [-0.3, -0.25) is 9.69 Å². The van der Waals surface area contributed by atoms with E-state index in [1.165, 1.54) is 0 Å². The first-order valence-electron chi connectivity index (χ1n) is 5.41. The van der Waals surface area contributed by atoms with Gasteiger partial charge in [0.05, 0.1) is 6.54 Å². The summed E-state index contributed by atoms with van der Waals surface area (Å²) in [4.78, 5) is 13.6. The van der Waals surface area contributed by atoms with Gasteiger partial charge >= 0.3 is 0 Å². The zero-order valence-electron chi connectivity index (χ0n) is 9.47. The van der Waals surface area contributed by atoms with Crippen LogP contribution >= 0.6 is 0 Å². The van der Waals surface area contributed by atoms with E-state index in [0.717, 1.165) is 19.4 Å². The number of hydrogen-bond acceptors (Lipinski definition) is 2. The second-order valence-electron chi connectivity index (χ2n) is 3.62. The van der Waals surface area contributed by atoms with Gasteiger partial charge in [-0.15, -0.1) is 0 Å². The minimum Gasteiger partial charge on any atom is -0.298 e. The molecular formula is C11H23NO. The Balaban J connectivity index is 4.00.